The fourth-order valence-electron chi connectivity index (χ4n) is 2.90. The molecule has 2 aromatic rings. The van der Waals surface area contributed by atoms with Gasteiger partial charge in [-0.05, 0) is 42.7 Å². The molecule has 23 heavy (non-hydrogen) atoms. The quantitative estimate of drug-likeness (QED) is 0.707. The first-order valence-electron chi connectivity index (χ1n) is 8.34. The molecule has 1 aliphatic rings. The van der Waals surface area contributed by atoms with Crippen LogP contribution in [0, 0.1) is 0 Å². The Balaban J connectivity index is 1.67. The zero-order chi connectivity index (χ0) is 16.1. The topological polar surface area (TPSA) is 33.5 Å². The molecular weight excluding hydrogens is 306 g/mol. The molecule has 4 heteroatoms. The number of benzene rings is 1. The lowest BCUT2D eigenvalue weighted by Crippen LogP contribution is -2.30. The molecule has 0 N–H and O–H groups in total. The van der Waals surface area contributed by atoms with E-state index in [1.54, 1.807) is 18.0 Å². The largest absolute Gasteiger partial charge is 0.466 e. The smallest absolute Gasteiger partial charge is 0.255 e. The highest BCUT2D eigenvalue weighted by molar-refractivity contribution is 7.99. The van der Waals surface area contributed by atoms with E-state index in [2.05, 4.69) is 19.1 Å². The molecule has 0 radical (unpaired) electrons. The lowest BCUT2D eigenvalue weighted by Gasteiger charge is -2.22. The molecule has 1 saturated heterocycles. The van der Waals surface area contributed by atoms with Crippen LogP contribution in [-0.2, 0) is 6.42 Å². The van der Waals surface area contributed by atoms with Gasteiger partial charge in [-0.3, -0.25) is 4.79 Å². The molecule has 1 fully saturated rings. The monoisotopic (exact) mass is 329 g/mol. The highest BCUT2D eigenvalue weighted by Crippen LogP contribution is 2.38. The molecule has 2 heterocycles. The Hall–Kier alpha value is -1.68. The maximum atomic E-state index is 12.8. The number of hydrogen-bond acceptors (Lipinski definition) is 3. The molecule has 0 aliphatic carbocycles. The van der Waals surface area contributed by atoms with Crippen LogP contribution in [0.5, 0.6) is 0 Å². The number of thioether (sulfide) groups is 1. The van der Waals surface area contributed by atoms with E-state index >= 15 is 0 Å². The van der Waals surface area contributed by atoms with Gasteiger partial charge in [-0.2, -0.15) is 0 Å². The zero-order valence-electron chi connectivity index (χ0n) is 13.5. The first-order chi connectivity index (χ1) is 11.3. The van der Waals surface area contributed by atoms with Crippen molar-refractivity contribution in [3.05, 3.63) is 59.5 Å². The van der Waals surface area contributed by atoms with Crippen molar-refractivity contribution in [2.45, 2.75) is 38.0 Å². The molecule has 122 valence electrons. The van der Waals surface area contributed by atoms with Gasteiger partial charge in [0.1, 0.15) is 11.1 Å². The Morgan fingerprint density at radius 2 is 2.09 bits per heavy atom. The SMILES string of the molecule is CCCCCc1ccc(C(=O)N2CCS[C@H]2c2ccco2)cc1. The Morgan fingerprint density at radius 3 is 2.78 bits per heavy atom. The van der Waals surface area contributed by atoms with E-state index in [1.165, 1.54) is 24.8 Å². The van der Waals surface area contributed by atoms with Crippen molar-refractivity contribution in [3.63, 3.8) is 0 Å². The standard InChI is InChI=1S/C19H23NO2S/c1-2-3-4-6-15-8-10-16(11-9-15)18(21)20-12-14-23-19(20)17-7-5-13-22-17/h5,7-11,13,19H,2-4,6,12,14H2,1H3/t19-/m0/s1. The molecule has 0 unspecified atom stereocenters. The van der Waals surface area contributed by atoms with E-state index in [9.17, 15) is 4.79 Å². The minimum absolute atomic E-state index is 0.00160. The van der Waals surface area contributed by atoms with E-state index in [0.29, 0.717) is 0 Å². The average Bonchev–Trinajstić information content (AvgIpc) is 3.26. The summed E-state index contributed by atoms with van der Waals surface area (Å²) in [6, 6.07) is 11.9. The first-order valence-corrected chi connectivity index (χ1v) is 9.39. The van der Waals surface area contributed by atoms with Gasteiger partial charge in [0.05, 0.1) is 6.26 Å². The van der Waals surface area contributed by atoms with E-state index < -0.39 is 0 Å². The van der Waals surface area contributed by atoms with Crippen molar-refractivity contribution in [2.75, 3.05) is 12.3 Å². The molecule has 0 spiro atoms. The van der Waals surface area contributed by atoms with Crippen molar-refractivity contribution >= 4 is 17.7 Å². The van der Waals surface area contributed by atoms with Gasteiger partial charge in [0.2, 0.25) is 0 Å². The third-order valence-corrected chi connectivity index (χ3v) is 5.43. The molecule has 1 atom stereocenters. The summed E-state index contributed by atoms with van der Waals surface area (Å²) >= 11 is 1.76. The van der Waals surface area contributed by atoms with Gasteiger partial charge in [-0.1, -0.05) is 31.9 Å². The second kappa shape index (κ2) is 7.73. The molecule has 3 nitrogen and oxygen atoms in total. The third kappa shape index (κ3) is 3.81. The lowest BCUT2D eigenvalue weighted by atomic mass is 10.0. The van der Waals surface area contributed by atoms with Crippen molar-refractivity contribution in [1.29, 1.82) is 0 Å². The molecule has 1 aromatic heterocycles. The fourth-order valence-corrected chi connectivity index (χ4v) is 4.11. The summed E-state index contributed by atoms with van der Waals surface area (Å²) in [5, 5.41) is 0.00160. The third-order valence-electron chi connectivity index (χ3n) is 4.21. The number of aryl methyl sites for hydroxylation is 1. The minimum Gasteiger partial charge on any atom is -0.466 e. The van der Waals surface area contributed by atoms with Crippen LogP contribution in [0.3, 0.4) is 0 Å². The van der Waals surface area contributed by atoms with E-state index in [0.717, 1.165) is 30.0 Å². The Morgan fingerprint density at radius 1 is 1.26 bits per heavy atom. The summed E-state index contributed by atoms with van der Waals surface area (Å²) < 4.78 is 5.49. The first kappa shape index (κ1) is 16.2. The molecule has 1 aliphatic heterocycles. The number of carbonyl (C=O) groups excluding carboxylic acids is 1. The fraction of sp³-hybridized carbons (Fsp3) is 0.421. The maximum Gasteiger partial charge on any atom is 0.255 e. The van der Waals surface area contributed by atoms with Gasteiger partial charge in [0.15, 0.2) is 0 Å². The van der Waals surface area contributed by atoms with Crippen molar-refractivity contribution < 1.29 is 9.21 Å². The van der Waals surface area contributed by atoms with Crippen LogP contribution < -0.4 is 0 Å². The van der Waals surface area contributed by atoms with Gasteiger partial charge in [-0.15, -0.1) is 11.8 Å². The second-order valence-corrected chi connectivity index (χ2v) is 7.08. The van der Waals surface area contributed by atoms with Gasteiger partial charge in [0, 0.05) is 17.9 Å². The Labute approximate surface area is 142 Å². The predicted molar refractivity (Wildman–Crippen MR) is 94.6 cm³/mol. The Bertz CT molecular complexity index is 621. The molecule has 1 aromatic carbocycles. The number of unbranched alkanes of at least 4 members (excludes halogenated alkanes) is 2. The number of amides is 1. The van der Waals surface area contributed by atoms with Crippen LogP contribution in [0.4, 0.5) is 0 Å². The van der Waals surface area contributed by atoms with E-state index in [4.69, 9.17) is 4.42 Å². The summed E-state index contributed by atoms with van der Waals surface area (Å²) in [6.45, 7) is 2.98. The van der Waals surface area contributed by atoms with Crippen molar-refractivity contribution in [2.24, 2.45) is 0 Å². The van der Waals surface area contributed by atoms with Crippen LogP contribution in [0.15, 0.2) is 47.1 Å². The number of rotatable bonds is 6. The molecule has 3 rings (SSSR count). The minimum atomic E-state index is 0.00160. The molecule has 0 bridgehead atoms. The van der Waals surface area contributed by atoms with Crippen LogP contribution in [0.2, 0.25) is 0 Å². The summed E-state index contributed by atoms with van der Waals surface area (Å²) in [7, 11) is 0. The number of nitrogens with zero attached hydrogens (tertiary/aromatic N) is 1. The normalized spacial score (nSPS) is 17.6. The summed E-state index contributed by atoms with van der Waals surface area (Å²) in [6.07, 6.45) is 6.47. The number of hydrogen-bond donors (Lipinski definition) is 0. The average molecular weight is 329 g/mol. The van der Waals surface area contributed by atoms with Crippen LogP contribution in [-0.4, -0.2) is 23.1 Å². The highest BCUT2D eigenvalue weighted by atomic mass is 32.2. The highest BCUT2D eigenvalue weighted by Gasteiger charge is 2.32. The van der Waals surface area contributed by atoms with Crippen LogP contribution >= 0.6 is 11.8 Å². The van der Waals surface area contributed by atoms with E-state index in [1.807, 2.05) is 29.2 Å². The summed E-state index contributed by atoms with van der Waals surface area (Å²) in [4.78, 5) is 14.7. The molecule has 1 amide bonds. The van der Waals surface area contributed by atoms with Gasteiger partial charge in [0.25, 0.3) is 5.91 Å². The number of carbonyl (C=O) groups is 1. The van der Waals surface area contributed by atoms with Gasteiger partial charge < -0.3 is 9.32 Å². The van der Waals surface area contributed by atoms with Gasteiger partial charge >= 0.3 is 0 Å². The maximum absolute atomic E-state index is 12.8. The lowest BCUT2D eigenvalue weighted by molar-refractivity contribution is 0.0749. The number of furan rings is 1. The van der Waals surface area contributed by atoms with Crippen molar-refractivity contribution in [3.8, 4) is 0 Å². The summed E-state index contributed by atoms with van der Waals surface area (Å²) in [5.74, 6) is 1.90. The van der Waals surface area contributed by atoms with E-state index in [-0.39, 0.29) is 11.3 Å². The predicted octanol–water partition coefficient (Wildman–Crippen LogP) is 4.90. The van der Waals surface area contributed by atoms with Crippen LogP contribution in [0.25, 0.3) is 0 Å². The van der Waals surface area contributed by atoms with Crippen molar-refractivity contribution in [1.82, 2.24) is 4.90 Å². The second-order valence-electron chi connectivity index (χ2n) is 5.89. The molecular formula is C19H23NO2S. The van der Waals surface area contributed by atoms with Crippen LogP contribution in [0.1, 0.15) is 53.2 Å². The zero-order valence-corrected chi connectivity index (χ0v) is 14.3. The molecule has 0 saturated carbocycles. The van der Waals surface area contributed by atoms with Gasteiger partial charge in [-0.25, -0.2) is 0 Å². The Kier molecular flexibility index (Phi) is 5.44. The summed E-state index contributed by atoms with van der Waals surface area (Å²) in [5.41, 5.74) is 2.08.